The first-order valence-corrected chi connectivity index (χ1v) is 6.19. The number of ether oxygens (including phenoxy) is 2. The summed E-state index contributed by atoms with van der Waals surface area (Å²) in [5, 5.41) is 0. The third kappa shape index (κ3) is 4.49. The Balaban J connectivity index is 2.34. The summed E-state index contributed by atoms with van der Waals surface area (Å²) < 4.78 is 11.3. The van der Waals surface area contributed by atoms with Crippen LogP contribution < -0.4 is 0 Å². The summed E-state index contributed by atoms with van der Waals surface area (Å²) in [5.41, 5.74) is 0. The normalized spacial score (nSPS) is 20.8. The van der Waals surface area contributed by atoms with Crippen molar-refractivity contribution < 1.29 is 9.47 Å². The molecule has 0 amide bonds. The molecule has 1 saturated heterocycles. The van der Waals surface area contributed by atoms with Gasteiger partial charge >= 0.3 is 0 Å². The Labute approximate surface area is 93.7 Å². The maximum absolute atomic E-state index is 5.95. The maximum atomic E-state index is 5.95. The van der Waals surface area contributed by atoms with Gasteiger partial charge < -0.3 is 9.47 Å². The van der Waals surface area contributed by atoms with Gasteiger partial charge in [0.2, 0.25) is 0 Å². The summed E-state index contributed by atoms with van der Waals surface area (Å²) >= 11 is 0. The highest BCUT2D eigenvalue weighted by molar-refractivity contribution is 4.69. The minimum Gasteiger partial charge on any atom is -0.379 e. The molecule has 1 aliphatic rings. The second-order valence-electron chi connectivity index (χ2n) is 4.51. The molecule has 90 valence electrons. The lowest BCUT2D eigenvalue weighted by Crippen LogP contribution is -2.47. The van der Waals surface area contributed by atoms with Crippen molar-refractivity contribution in [1.29, 1.82) is 0 Å². The van der Waals surface area contributed by atoms with E-state index in [-0.39, 0.29) is 6.23 Å². The smallest absolute Gasteiger partial charge is 0.113 e. The van der Waals surface area contributed by atoms with E-state index in [2.05, 4.69) is 25.7 Å². The molecular weight excluding hydrogens is 190 g/mol. The van der Waals surface area contributed by atoms with E-state index < -0.39 is 0 Å². The van der Waals surface area contributed by atoms with Crippen LogP contribution in [0, 0.1) is 5.92 Å². The lowest BCUT2D eigenvalue weighted by Gasteiger charge is -2.36. The molecule has 0 aromatic rings. The van der Waals surface area contributed by atoms with Crippen molar-refractivity contribution in [3.05, 3.63) is 0 Å². The molecule has 0 bridgehead atoms. The van der Waals surface area contributed by atoms with E-state index in [4.69, 9.17) is 9.47 Å². The summed E-state index contributed by atoms with van der Waals surface area (Å²) in [7, 11) is 0. The maximum Gasteiger partial charge on any atom is 0.113 e. The van der Waals surface area contributed by atoms with Crippen LogP contribution in [0.4, 0.5) is 0 Å². The van der Waals surface area contributed by atoms with Gasteiger partial charge in [-0.05, 0) is 12.3 Å². The lowest BCUT2D eigenvalue weighted by molar-refractivity contribution is -0.117. The zero-order valence-corrected chi connectivity index (χ0v) is 10.4. The highest BCUT2D eigenvalue weighted by atomic mass is 16.5. The fraction of sp³-hybridized carbons (Fsp3) is 1.00. The lowest BCUT2D eigenvalue weighted by atomic mass is 10.1. The van der Waals surface area contributed by atoms with Gasteiger partial charge in [-0.15, -0.1) is 0 Å². The molecule has 1 heterocycles. The van der Waals surface area contributed by atoms with Gasteiger partial charge in [-0.25, -0.2) is 0 Å². The second-order valence-corrected chi connectivity index (χ2v) is 4.51. The number of rotatable bonds is 6. The first-order valence-electron chi connectivity index (χ1n) is 6.19. The van der Waals surface area contributed by atoms with E-state index in [1.807, 2.05) is 0 Å². The Morgan fingerprint density at radius 2 is 1.93 bits per heavy atom. The third-order valence-electron chi connectivity index (χ3n) is 2.76. The molecule has 1 unspecified atom stereocenters. The van der Waals surface area contributed by atoms with Gasteiger partial charge in [0, 0.05) is 19.7 Å². The molecule has 0 aromatic carbocycles. The quantitative estimate of drug-likeness (QED) is 0.633. The average Bonchev–Trinajstić information content (AvgIpc) is 2.25. The number of nitrogens with zero attached hydrogens (tertiary/aromatic N) is 1. The molecule has 0 spiro atoms. The van der Waals surface area contributed by atoms with Crippen molar-refractivity contribution in [3.63, 3.8) is 0 Å². The topological polar surface area (TPSA) is 21.7 Å². The van der Waals surface area contributed by atoms with Crippen molar-refractivity contribution in [2.75, 3.05) is 32.9 Å². The van der Waals surface area contributed by atoms with Crippen LogP contribution in [-0.4, -0.2) is 44.0 Å². The first kappa shape index (κ1) is 12.9. The van der Waals surface area contributed by atoms with Crippen LogP contribution >= 0.6 is 0 Å². The Hall–Kier alpha value is -0.120. The fourth-order valence-electron chi connectivity index (χ4n) is 1.90. The van der Waals surface area contributed by atoms with Crippen molar-refractivity contribution in [3.8, 4) is 0 Å². The van der Waals surface area contributed by atoms with Gasteiger partial charge in [0.1, 0.15) is 6.23 Å². The van der Waals surface area contributed by atoms with Crippen LogP contribution in [0.2, 0.25) is 0 Å². The highest BCUT2D eigenvalue weighted by Crippen LogP contribution is 2.14. The van der Waals surface area contributed by atoms with E-state index in [0.29, 0.717) is 5.92 Å². The van der Waals surface area contributed by atoms with Crippen LogP contribution in [0.1, 0.15) is 33.6 Å². The van der Waals surface area contributed by atoms with Gasteiger partial charge in [-0.3, -0.25) is 4.90 Å². The molecule has 0 N–H and O–H groups in total. The van der Waals surface area contributed by atoms with Crippen LogP contribution in [0.25, 0.3) is 0 Å². The number of hydrogen-bond donors (Lipinski definition) is 0. The molecule has 0 aliphatic carbocycles. The van der Waals surface area contributed by atoms with E-state index in [0.717, 1.165) is 39.3 Å². The Bertz CT molecular complexity index is 156. The van der Waals surface area contributed by atoms with Crippen LogP contribution in [0.5, 0.6) is 0 Å². The van der Waals surface area contributed by atoms with Crippen LogP contribution in [0.3, 0.4) is 0 Å². The van der Waals surface area contributed by atoms with Crippen molar-refractivity contribution in [1.82, 2.24) is 4.90 Å². The molecule has 0 aromatic heterocycles. The summed E-state index contributed by atoms with van der Waals surface area (Å²) in [4.78, 5) is 2.41. The monoisotopic (exact) mass is 215 g/mol. The predicted molar refractivity (Wildman–Crippen MR) is 61.9 cm³/mol. The SMILES string of the molecule is CCCCOC(C(C)C)N1CCOCC1. The highest BCUT2D eigenvalue weighted by Gasteiger charge is 2.23. The second kappa shape index (κ2) is 7.20. The molecule has 1 atom stereocenters. The van der Waals surface area contributed by atoms with Gasteiger partial charge in [0.05, 0.1) is 13.2 Å². The van der Waals surface area contributed by atoms with E-state index in [1.54, 1.807) is 0 Å². The summed E-state index contributed by atoms with van der Waals surface area (Å²) in [6.45, 7) is 11.3. The largest absolute Gasteiger partial charge is 0.379 e. The minimum atomic E-state index is 0.278. The van der Waals surface area contributed by atoms with Gasteiger partial charge in [0.25, 0.3) is 0 Å². The van der Waals surface area contributed by atoms with Gasteiger partial charge in [0.15, 0.2) is 0 Å². The molecule has 1 fully saturated rings. The zero-order chi connectivity index (χ0) is 11.1. The molecule has 0 saturated carbocycles. The van der Waals surface area contributed by atoms with Crippen LogP contribution in [-0.2, 0) is 9.47 Å². The molecule has 1 aliphatic heterocycles. The molecule has 3 heteroatoms. The number of hydrogen-bond acceptors (Lipinski definition) is 3. The molecule has 1 rings (SSSR count). The summed E-state index contributed by atoms with van der Waals surface area (Å²) in [6.07, 6.45) is 2.64. The Morgan fingerprint density at radius 1 is 1.27 bits per heavy atom. The van der Waals surface area contributed by atoms with Crippen molar-refractivity contribution in [2.24, 2.45) is 5.92 Å². The summed E-state index contributed by atoms with van der Waals surface area (Å²) in [5.74, 6) is 0.556. The first-order chi connectivity index (χ1) is 7.25. The third-order valence-corrected chi connectivity index (χ3v) is 2.76. The van der Waals surface area contributed by atoms with E-state index in [9.17, 15) is 0 Å². The van der Waals surface area contributed by atoms with Gasteiger partial charge in [-0.1, -0.05) is 27.2 Å². The standard InChI is InChI=1S/C12H25NO2/c1-4-5-8-15-12(11(2)3)13-6-9-14-10-7-13/h11-12H,4-10H2,1-3H3. The minimum absolute atomic E-state index is 0.278. The molecule has 15 heavy (non-hydrogen) atoms. The zero-order valence-electron chi connectivity index (χ0n) is 10.4. The van der Waals surface area contributed by atoms with E-state index >= 15 is 0 Å². The van der Waals surface area contributed by atoms with E-state index in [1.165, 1.54) is 6.42 Å². The molecule has 3 nitrogen and oxygen atoms in total. The summed E-state index contributed by atoms with van der Waals surface area (Å²) in [6, 6.07) is 0. The predicted octanol–water partition coefficient (Wildman–Crippen LogP) is 2.12. The average molecular weight is 215 g/mol. The van der Waals surface area contributed by atoms with Crippen molar-refractivity contribution >= 4 is 0 Å². The molecular formula is C12H25NO2. The van der Waals surface area contributed by atoms with Gasteiger partial charge in [-0.2, -0.15) is 0 Å². The van der Waals surface area contributed by atoms with Crippen LogP contribution in [0.15, 0.2) is 0 Å². The van der Waals surface area contributed by atoms with Crippen molar-refractivity contribution in [2.45, 2.75) is 39.8 Å². The number of morpholine rings is 1. The number of unbranched alkanes of at least 4 members (excludes halogenated alkanes) is 1. The fourth-order valence-corrected chi connectivity index (χ4v) is 1.90. The Morgan fingerprint density at radius 3 is 2.47 bits per heavy atom. The Kier molecular flexibility index (Phi) is 6.22. The molecule has 0 radical (unpaired) electrons.